The molecular weight excluding hydrogens is 160 g/mol. The van der Waals surface area contributed by atoms with E-state index < -0.39 is 0 Å². The number of hydrogen-bond acceptors (Lipinski definition) is 1. The lowest BCUT2D eigenvalue weighted by Crippen LogP contribution is -2.14. The zero-order chi connectivity index (χ0) is 9.10. The molecule has 0 amide bonds. The van der Waals surface area contributed by atoms with Crippen molar-refractivity contribution in [1.29, 1.82) is 0 Å². The molecule has 1 aliphatic heterocycles. The Bertz CT molecular complexity index is 189. The predicted molar refractivity (Wildman–Crippen MR) is 54.7 cm³/mol. The summed E-state index contributed by atoms with van der Waals surface area (Å²) in [6.45, 7) is 3.26. The van der Waals surface area contributed by atoms with E-state index in [1.165, 1.54) is 38.5 Å². The highest BCUT2D eigenvalue weighted by Crippen LogP contribution is 2.29. The number of allylic oxidation sites excluding steroid dienone is 2. The molecule has 74 valence electrons. The number of rotatable bonds is 2. The van der Waals surface area contributed by atoms with Crippen molar-refractivity contribution >= 4 is 0 Å². The molecule has 0 unspecified atom stereocenters. The summed E-state index contributed by atoms with van der Waals surface area (Å²) in [5.74, 6) is 0.909. The fourth-order valence-electron chi connectivity index (χ4n) is 2.44. The lowest BCUT2D eigenvalue weighted by atomic mass is 9.86. The van der Waals surface area contributed by atoms with Gasteiger partial charge in [-0.15, -0.1) is 0 Å². The summed E-state index contributed by atoms with van der Waals surface area (Å²) >= 11 is 0. The molecule has 2 rings (SSSR count). The second-order valence-corrected chi connectivity index (χ2v) is 4.56. The Kier molecular flexibility index (Phi) is 3.05. The SMILES string of the molecule is CC1=CC[C@H](C[C@@H]2CCCO2)CC1. The van der Waals surface area contributed by atoms with Crippen molar-refractivity contribution in [3.05, 3.63) is 11.6 Å². The minimum atomic E-state index is 0.594. The van der Waals surface area contributed by atoms with Crippen LogP contribution in [-0.2, 0) is 4.74 Å². The van der Waals surface area contributed by atoms with Crippen LogP contribution in [0.15, 0.2) is 11.6 Å². The van der Waals surface area contributed by atoms with E-state index in [-0.39, 0.29) is 0 Å². The van der Waals surface area contributed by atoms with Crippen molar-refractivity contribution in [2.24, 2.45) is 5.92 Å². The highest BCUT2D eigenvalue weighted by atomic mass is 16.5. The average molecular weight is 180 g/mol. The Morgan fingerprint density at radius 2 is 2.38 bits per heavy atom. The maximum atomic E-state index is 5.66. The van der Waals surface area contributed by atoms with E-state index in [0.29, 0.717) is 6.10 Å². The summed E-state index contributed by atoms with van der Waals surface area (Å²) < 4.78 is 5.66. The lowest BCUT2D eigenvalue weighted by molar-refractivity contribution is 0.0878. The minimum absolute atomic E-state index is 0.594. The third-order valence-electron chi connectivity index (χ3n) is 3.37. The minimum Gasteiger partial charge on any atom is -0.378 e. The van der Waals surface area contributed by atoms with Gasteiger partial charge in [0.25, 0.3) is 0 Å². The third kappa shape index (κ3) is 2.57. The summed E-state index contributed by atoms with van der Waals surface area (Å²) in [6, 6.07) is 0. The molecule has 1 aliphatic carbocycles. The topological polar surface area (TPSA) is 9.23 Å². The first-order valence-electron chi connectivity index (χ1n) is 5.62. The average Bonchev–Trinajstić information content (AvgIpc) is 2.62. The molecule has 1 saturated heterocycles. The Morgan fingerprint density at radius 1 is 1.46 bits per heavy atom. The van der Waals surface area contributed by atoms with Gasteiger partial charge in [-0.2, -0.15) is 0 Å². The highest BCUT2D eigenvalue weighted by molar-refractivity contribution is 5.03. The van der Waals surface area contributed by atoms with Crippen molar-refractivity contribution < 1.29 is 4.74 Å². The molecule has 0 aromatic carbocycles. The van der Waals surface area contributed by atoms with Gasteiger partial charge in [0.1, 0.15) is 0 Å². The molecule has 1 heteroatoms. The Morgan fingerprint density at radius 3 is 3.00 bits per heavy atom. The third-order valence-corrected chi connectivity index (χ3v) is 3.37. The molecule has 0 saturated carbocycles. The van der Waals surface area contributed by atoms with Crippen molar-refractivity contribution in [3.8, 4) is 0 Å². The molecule has 0 spiro atoms. The molecule has 0 radical (unpaired) electrons. The van der Waals surface area contributed by atoms with E-state index in [1.54, 1.807) is 5.57 Å². The van der Waals surface area contributed by atoms with Crippen LogP contribution in [0.4, 0.5) is 0 Å². The molecule has 2 atom stereocenters. The second kappa shape index (κ2) is 4.28. The second-order valence-electron chi connectivity index (χ2n) is 4.56. The van der Waals surface area contributed by atoms with Gasteiger partial charge in [0.05, 0.1) is 6.10 Å². The van der Waals surface area contributed by atoms with Crippen LogP contribution in [0.3, 0.4) is 0 Å². The highest BCUT2D eigenvalue weighted by Gasteiger charge is 2.21. The van der Waals surface area contributed by atoms with Crippen LogP contribution in [0.1, 0.15) is 45.4 Å². The Hall–Kier alpha value is -0.300. The zero-order valence-corrected chi connectivity index (χ0v) is 8.59. The Balaban J connectivity index is 1.76. The largest absolute Gasteiger partial charge is 0.378 e. The first kappa shape index (κ1) is 9.26. The molecule has 0 bridgehead atoms. The van der Waals surface area contributed by atoms with Gasteiger partial charge in [0.2, 0.25) is 0 Å². The van der Waals surface area contributed by atoms with Gasteiger partial charge in [0.15, 0.2) is 0 Å². The van der Waals surface area contributed by atoms with Crippen LogP contribution in [0.2, 0.25) is 0 Å². The van der Waals surface area contributed by atoms with Crippen LogP contribution in [0, 0.1) is 5.92 Å². The predicted octanol–water partition coefficient (Wildman–Crippen LogP) is 3.30. The van der Waals surface area contributed by atoms with Crippen LogP contribution >= 0.6 is 0 Å². The molecule has 2 aliphatic rings. The summed E-state index contributed by atoms with van der Waals surface area (Å²) in [5.41, 5.74) is 1.59. The molecule has 1 nitrogen and oxygen atoms in total. The van der Waals surface area contributed by atoms with Crippen molar-refractivity contribution in [3.63, 3.8) is 0 Å². The van der Waals surface area contributed by atoms with Gasteiger partial charge in [-0.05, 0) is 51.4 Å². The van der Waals surface area contributed by atoms with Crippen LogP contribution in [-0.4, -0.2) is 12.7 Å². The fourth-order valence-corrected chi connectivity index (χ4v) is 2.44. The van der Waals surface area contributed by atoms with Gasteiger partial charge in [-0.1, -0.05) is 11.6 Å². The van der Waals surface area contributed by atoms with E-state index in [1.807, 2.05) is 0 Å². The normalized spacial score (nSPS) is 34.7. The first-order chi connectivity index (χ1) is 6.34. The first-order valence-corrected chi connectivity index (χ1v) is 5.62. The van der Waals surface area contributed by atoms with Gasteiger partial charge in [0, 0.05) is 6.61 Å². The standard InChI is InChI=1S/C12H20O/c1-10-4-6-11(7-5-10)9-12-3-2-8-13-12/h4,11-12H,2-3,5-9H2,1H3/t11-,12-/m0/s1. The van der Waals surface area contributed by atoms with Gasteiger partial charge in [-0.25, -0.2) is 0 Å². The number of ether oxygens (including phenoxy) is 1. The summed E-state index contributed by atoms with van der Waals surface area (Å²) in [5, 5.41) is 0. The lowest BCUT2D eigenvalue weighted by Gasteiger charge is -2.22. The van der Waals surface area contributed by atoms with E-state index in [0.717, 1.165) is 12.5 Å². The molecule has 0 N–H and O–H groups in total. The van der Waals surface area contributed by atoms with Gasteiger partial charge >= 0.3 is 0 Å². The molecule has 13 heavy (non-hydrogen) atoms. The van der Waals surface area contributed by atoms with Crippen LogP contribution < -0.4 is 0 Å². The summed E-state index contributed by atoms with van der Waals surface area (Å²) in [6.07, 6.45) is 10.9. The van der Waals surface area contributed by atoms with Crippen LogP contribution in [0.25, 0.3) is 0 Å². The van der Waals surface area contributed by atoms with Gasteiger partial charge < -0.3 is 4.74 Å². The molecule has 1 heterocycles. The van der Waals surface area contributed by atoms with E-state index in [9.17, 15) is 0 Å². The van der Waals surface area contributed by atoms with E-state index in [2.05, 4.69) is 13.0 Å². The summed E-state index contributed by atoms with van der Waals surface area (Å²) in [4.78, 5) is 0. The maximum absolute atomic E-state index is 5.66. The molecule has 0 aromatic rings. The van der Waals surface area contributed by atoms with Crippen molar-refractivity contribution in [2.75, 3.05) is 6.61 Å². The molecule has 0 aromatic heterocycles. The zero-order valence-electron chi connectivity index (χ0n) is 8.59. The molecular formula is C12H20O. The smallest absolute Gasteiger partial charge is 0.0578 e. The quantitative estimate of drug-likeness (QED) is 0.592. The Labute approximate surface area is 81.2 Å². The van der Waals surface area contributed by atoms with Gasteiger partial charge in [-0.3, -0.25) is 0 Å². The monoisotopic (exact) mass is 180 g/mol. The van der Waals surface area contributed by atoms with Crippen molar-refractivity contribution in [1.82, 2.24) is 0 Å². The molecule has 1 fully saturated rings. The van der Waals surface area contributed by atoms with Crippen molar-refractivity contribution in [2.45, 2.75) is 51.6 Å². The fraction of sp³-hybridized carbons (Fsp3) is 0.833. The number of hydrogen-bond donors (Lipinski definition) is 0. The van der Waals surface area contributed by atoms with E-state index >= 15 is 0 Å². The summed E-state index contributed by atoms with van der Waals surface area (Å²) in [7, 11) is 0. The maximum Gasteiger partial charge on any atom is 0.0578 e. The van der Waals surface area contributed by atoms with E-state index in [4.69, 9.17) is 4.74 Å². The van der Waals surface area contributed by atoms with Crippen LogP contribution in [0.5, 0.6) is 0 Å².